The summed E-state index contributed by atoms with van der Waals surface area (Å²) in [5.41, 5.74) is -0.640. The minimum atomic E-state index is -0.640. The van der Waals surface area contributed by atoms with Crippen LogP contribution in [0.3, 0.4) is 0 Å². The van der Waals surface area contributed by atoms with E-state index in [1.165, 1.54) is 12.8 Å². The third-order valence-electron chi connectivity index (χ3n) is 3.71. The van der Waals surface area contributed by atoms with Crippen molar-refractivity contribution in [1.29, 1.82) is 0 Å². The van der Waals surface area contributed by atoms with Crippen LogP contribution in [0.25, 0.3) is 0 Å². The molecule has 0 radical (unpaired) electrons. The average molecular weight is 230 g/mol. The summed E-state index contributed by atoms with van der Waals surface area (Å²) in [6, 6.07) is 0. The third kappa shape index (κ3) is 5.31. The lowest BCUT2D eigenvalue weighted by Gasteiger charge is -2.35. The normalized spacial score (nSPS) is 17.1. The predicted octanol–water partition coefficient (Wildman–Crippen LogP) is 3.51. The molecule has 0 aliphatic heterocycles. The van der Waals surface area contributed by atoms with Crippen molar-refractivity contribution in [2.24, 2.45) is 5.92 Å². The zero-order chi connectivity index (χ0) is 12.4. The zero-order valence-corrected chi connectivity index (χ0v) is 11.3. The number of hydrogen-bond acceptors (Lipinski definition) is 2. The van der Waals surface area contributed by atoms with Crippen molar-refractivity contribution in [3.05, 3.63) is 0 Å². The van der Waals surface area contributed by atoms with Gasteiger partial charge in [-0.2, -0.15) is 0 Å². The van der Waals surface area contributed by atoms with Crippen LogP contribution < -0.4 is 0 Å². The van der Waals surface area contributed by atoms with Crippen LogP contribution in [0.4, 0.5) is 0 Å². The van der Waals surface area contributed by atoms with E-state index >= 15 is 0 Å². The highest BCUT2D eigenvalue weighted by Gasteiger charge is 2.33. The van der Waals surface area contributed by atoms with Gasteiger partial charge in [-0.05, 0) is 19.3 Å². The molecule has 0 aliphatic carbocycles. The van der Waals surface area contributed by atoms with Gasteiger partial charge in [-0.3, -0.25) is 0 Å². The molecule has 0 saturated heterocycles. The summed E-state index contributed by atoms with van der Waals surface area (Å²) in [6.07, 6.45) is 8.21. The van der Waals surface area contributed by atoms with Crippen molar-refractivity contribution in [3.63, 3.8) is 0 Å². The Labute approximate surface area is 101 Å². The molecule has 0 amide bonds. The summed E-state index contributed by atoms with van der Waals surface area (Å²) >= 11 is 0. The van der Waals surface area contributed by atoms with Crippen LogP contribution in [0.2, 0.25) is 0 Å². The van der Waals surface area contributed by atoms with E-state index in [1.807, 2.05) is 6.92 Å². The second kappa shape index (κ2) is 9.00. The van der Waals surface area contributed by atoms with Gasteiger partial charge in [-0.1, -0.05) is 52.9 Å². The SMILES string of the molecule is CCCCCC(CO)C(O)(CC)CCCC. The van der Waals surface area contributed by atoms with Crippen molar-refractivity contribution in [1.82, 2.24) is 0 Å². The fourth-order valence-electron chi connectivity index (χ4n) is 2.32. The van der Waals surface area contributed by atoms with E-state index in [4.69, 9.17) is 0 Å². The van der Waals surface area contributed by atoms with Crippen LogP contribution in [0.5, 0.6) is 0 Å². The first-order chi connectivity index (χ1) is 7.64. The maximum atomic E-state index is 10.6. The first-order valence-corrected chi connectivity index (χ1v) is 6.97. The maximum absolute atomic E-state index is 10.6. The van der Waals surface area contributed by atoms with Gasteiger partial charge >= 0.3 is 0 Å². The van der Waals surface area contributed by atoms with Crippen LogP contribution in [0, 0.1) is 5.92 Å². The molecule has 0 fully saturated rings. The molecule has 0 aromatic rings. The van der Waals surface area contributed by atoms with Crippen LogP contribution in [-0.4, -0.2) is 22.4 Å². The Hall–Kier alpha value is -0.0800. The van der Waals surface area contributed by atoms with E-state index in [-0.39, 0.29) is 12.5 Å². The lowest BCUT2D eigenvalue weighted by molar-refractivity contribution is -0.0547. The molecule has 0 heterocycles. The van der Waals surface area contributed by atoms with Gasteiger partial charge in [0.05, 0.1) is 5.60 Å². The second-order valence-electron chi connectivity index (χ2n) is 4.94. The van der Waals surface area contributed by atoms with Gasteiger partial charge in [0.1, 0.15) is 0 Å². The average Bonchev–Trinajstić information content (AvgIpc) is 2.31. The quantitative estimate of drug-likeness (QED) is 0.564. The fourth-order valence-corrected chi connectivity index (χ4v) is 2.32. The zero-order valence-electron chi connectivity index (χ0n) is 11.3. The molecule has 2 nitrogen and oxygen atoms in total. The van der Waals surface area contributed by atoms with E-state index < -0.39 is 5.60 Å². The first-order valence-electron chi connectivity index (χ1n) is 6.97. The first kappa shape index (κ1) is 15.9. The molecular weight excluding hydrogens is 200 g/mol. The summed E-state index contributed by atoms with van der Waals surface area (Å²) in [7, 11) is 0. The van der Waals surface area contributed by atoms with Crippen molar-refractivity contribution >= 4 is 0 Å². The Morgan fingerprint density at radius 1 is 1.00 bits per heavy atom. The topological polar surface area (TPSA) is 40.5 Å². The molecule has 2 atom stereocenters. The molecule has 98 valence electrons. The second-order valence-corrected chi connectivity index (χ2v) is 4.94. The summed E-state index contributed by atoms with van der Waals surface area (Å²) in [4.78, 5) is 0. The van der Waals surface area contributed by atoms with Crippen LogP contribution in [0.1, 0.15) is 72.1 Å². The molecule has 2 unspecified atom stereocenters. The van der Waals surface area contributed by atoms with Gasteiger partial charge in [0.2, 0.25) is 0 Å². The molecule has 2 heteroatoms. The molecule has 0 rings (SSSR count). The molecule has 2 N–H and O–H groups in total. The summed E-state index contributed by atoms with van der Waals surface area (Å²) in [6.45, 7) is 6.47. The maximum Gasteiger partial charge on any atom is 0.0695 e. The van der Waals surface area contributed by atoms with Crippen molar-refractivity contribution in [2.75, 3.05) is 6.61 Å². The predicted molar refractivity (Wildman–Crippen MR) is 69.5 cm³/mol. The minimum absolute atomic E-state index is 0.0654. The van der Waals surface area contributed by atoms with Crippen molar-refractivity contribution < 1.29 is 10.2 Å². The molecule has 0 spiro atoms. The summed E-state index contributed by atoms with van der Waals surface area (Å²) in [5.74, 6) is 0.0654. The highest BCUT2D eigenvalue weighted by atomic mass is 16.3. The molecule has 0 aliphatic rings. The monoisotopic (exact) mass is 230 g/mol. The van der Waals surface area contributed by atoms with E-state index in [1.54, 1.807) is 0 Å². The highest BCUT2D eigenvalue weighted by molar-refractivity contribution is 4.84. The van der Waals surface area contributed by atoms with Gasteiger partial charge in [-0.25, -0.2) is 0 Å². The van der Waals surface area contributed by atoms with E-state index in [0.717, 1.165) is 38.5 Å². The third-order valence-corrected chi connectivity index (χ3v) is 3.71. The lowest BCUT2D eigenvalue weighted by atomic mass is 9.78. The van der Waals surface area contributed by atoms with E-state index in [9.17, 15) is 10.2 Å². The minimum Gasteiger partial charge on any atom is -0.396 e. The largest absolute Gasteiger partial charge is 0.396 e. The molecule has 0 bridgehead atoms. The lowest BCUT2D eigenvalue weighted by Crippen LogP contribution is -2.39. The van der Waals surface area contributed by atoms with Gasteiger partial charge in [0, 0.05) is 12.5 Å². The molecule has 0 saturated carbocycles. The van der Waals surface area contributed by atoms with Crippen molar-refractivity contribution in [3.8, 4) is 0 Å². The fraction of sp³-hybridized carbons (Fsp3) is 1.00. The van der Waals surface area contributed by atoms with Crippen LogP contribution in [-0.2, 0) is 0 Å². The molecule has 0 aromatic carbocycles. The smallest absolute Gasteiger partial charge is 0.0695 e. The Balaban J connectivity index is 4.23. The molecule has 16 heavy (non-hydrogen) atoms. The van der Waals surface area contributed by atoms with Gasteiger partial charge < -0.3 is 10.2 Å². The molecular formula is C14H30O2. The van der Waals surface area contributed by atoms with Gasteiger partial charge in [0.15, 0.2) is 0 Å². The van der Waals surface area contributed by atoms with Crippen molar-refractivity contribution in [2.45, 2.75) is 77.7 Å². The number of hydrogen-bond donors (Lipinski definition) is 2. The van der Waals surface area contributed by atoms with Crippen LogP contribution >= 0.6 is 0 Å². The standard InChI is InChI=1S/C14H30O2/c1-4-7-9-10-13(12-15)14(16,6-3)11-8-5-2/h13,15-16H,4-12H2,1-3H3. The number of aliphatic hydroxyl groups excluding tert-OH is 1. The Morgan fingerprint density at radius 2 is 1.62 bits per heavy atom. The molecule has 0 aromatic heterocycles. The Bertz CT molecular complexity index is 159. The Morgan fingerprint density at radius 3 is 2.06 bits per heavy atom. The van der Waals surface area contributed by atoms with E-state index in [0.29, 0.717) is 0 Å². The highest BCUT2D eigenvalue weighted by Crippen LogP contribution is 2.31. The number of aliphatic hydroxyl groups is 2. The van der Waals surface area contributed by atoms with E-state index in [2.05, 4.69) is 13.8 Å². The summed E-state index contributed by atoms with van der Waals surface area (Å²) in [5, 5.41) is 20.0. The number of rotatable bonds is 10. The number of unbranched alkanes of at least 4 members (excludes halogenated alkanes) is 3. The van der Waals surface area contributed by atoms with Gasteiger partial charge in [-0.15, -0.1) is 0 Å². The van der Waals surface area contributed by atoms with Gasteiger partial charge in [0.25, 0.3) is 0 Å². The Kier molecular flexibility index (Phi) is 8.96. The van der Waals surface area contributed by atoms with Crippen LogP contribution in [0.15, 0.2) is 0 Å². The summed E-state index contributed by atoms with van der Waals surface area (Å²) < 4.78 is 0.